The fourth-order valence-electron chi connectivity index (χ4n) is 1.78. The molecule has 4 heteroatoms. The van der Waals surface area contributed by atoms with Gasteiger partial charge in [0.1, 0.15) is 0 Å². The van der Waals surface area contributed by atoms with Gasteiger partial charge in [0.2, 0.25) is 0 Å². The van der Waals surface area contributed by atoms with Crippen LogP contribution in [0.15, 0.2) is 22.7 Å². The first-order valence-electron chi connectivity index (χ1n) is 5.98. The maximum atomic E-state index is 12.3. The number of carbonyl (C=O) groups excluding carboxylic acids is 1. The summed E-state index contributed by atoms with van der Waals surface area (Å²) in [5, 5.41) is 0. The molecule has 1 aromatic rings. The zero-order valence-corrected chi connectivity index (χ0v) is 13.0. The molecule has 0 saturated carbocycles. The van der Waals surface area contributed by atoms with E-state index in [1.165, 1.54) is 0 Å². The average molecular weight is 313 g/mol. The Balaban J connectivity index is 2.87. The van der Waals surface area contributed by atoms with Crippen LogP contribution in [0.5, 0.6) is 0 Å². The fraction of sp³-hybridized carbons (Fsp3) is 0.500. The van der Waals surface area contributed by atoms with Gasteiger partial charge >= 0.3 is 0 Å². The predicted molar refractivity (Wildman–Crippen MR) is 78.7 cm³/mol. The van der Waals surface area contributed by atoms with Crippen LogP contribution in [0.2, 0.25) is 0 Å². The number of benzene rings is 1. The Morgan fingerprint density at radius 2 is 2.06 bits per heavy atom. The van der Waals surface area contributed by atoms with Crippen molar-refractivity contribution in [3.05, 3.63) is 33.8 Å². The molecule has 1 rings (SSSR count). The molecule has 0 radical (unpaired) electrons. The van der Waals surface area contributed by atoms with Gasteiger partial charge < -0.3 is 10.6 Å². The molecule has 1 aromatic carbocycles. The average Bonchev–Trinajstić information content (AvgIpc) is 2.27. The highest BCUT2D eigenvalue weighted by molar-refractivity contribution is 9.10. The van der Waals surface area contributed by atoms with Crippen LogP contribution < -0.4 is 5.73 Å². The second-order valence-corrected chi connectivity index (χ2v) is 6.37. The topological polar surface area (TPSA) is 46.3 Å². The SMILES string of the molecule is Cc1ccc(C(=O)N(C)CC(C)(C)CN)c(Br)c1. The number of hydrogen-bond donors (Lipinski definition) is 1. The molecular formula is C14H21BrN2O. The van der Waals surface area contributed by atoms with Crippen molar-refractivity contribution in [2.24, 2.45) is 11.1 Å². The number of carbonyl (C=O) groups is 1. The molecule has 0 atom stereocenters. The highest BCUT2D eigenvalue weighted by Crippen LogP contribution is 2.21. The van der Waals surface area contributed by atoms with Gasteiger partial charge in [-0.1, -0.05) is 19.9 Å². The molecule has 0 spiro atoms. The maximum absolute atomic E-state index is 12.3. The van der Waals surface area contributed by atoms with E-state index in [4.69, 9.17) is 5.73 Å². The van der Waals surface area contributed by atoms with E-state index in [1.807, 2.05) is 32.2 Å². The van der Waals surface area contributed by atoms with Crippen LogP contribution in [0, 0.1) is 12.3 Å². The molecule has 1 amide bonds. The van der Waals surface area contributed by atoms with Gasteiger partial charge in [-0.2, -0.15) is 0 Å². The van der Waals surface area contributed by atoms with Crippen LogP contribution in [0.25, 0.3) is 0 Å². The van der Waals surface area contributed by atoms with Gasteiger partial charge in [0.05, 0.1) is 5.56 Å². The number of nitrogens with zero attached hydrogens (tertiary/aromatic N) is 1. The lowest BCUT2D eigenvalue weighted by atomic mass is 9.93. The van der Waals surface area contributed by atoms with Crippen molar-refractivity contribution < 1.29 is 4.79 Å². The molecule has 0 aromatic heterocycles. The normalized spacial score (nSPS) is 11.4. The molecule has 18 heavy (non-hydrogen) atoms. The van der Waals surface area contributed by atoms with Gasteiger partial charge in [0, 0.05) is 18.1 Å². The van der Waals surface area contributed by atoms with Crippen LogP contribution in [-0.2, 0) is 0 Å². The lowest BCUT2D eigenvalue weighted by Gasteiger charge is -2.29. The van der Waals surface area contributed by atoms with E-state index >= 15 is 0 Å². The molecule has 0 unspecified atom stereocenters. The molecule has 100 valence electrons. The van der Waals surface area contributed by atoms with Gasteiger partial charge in [-0.05, 0) is 52.5 Å². The number of rotatable bonds is 4. The van der Waals surface area contributed by atoms with Crippen molar-refractivity contribution in [2.45, 2.75) is 20.8 Å². The third kappa shape index (κ3) is 3.82. The standard InChI is InChI=1S/C14H21BrN2O/c1-10-5-6-11(12(15)7-10)13(18)17(4)9-14(2,3)8-16/h5-7H,8-9,16H2,1-4H3. The molecule has 2 N–H and O–H groups in total. The summed E-state index contributed by atoms with van der Waals surface area (Å²) in [6.45, 7) is 7.31. The number of nitrogens with two attached hydrogens (primary N) is 1. The largest absolute Gasteiger partial charge is 0.341 e. The summed E-state index contributed by atoms with van der Waals surface area (Å²) in [5.74, 6) is 0.0170. The van der Waals surface area contributed by atoms with Crippen molar-refractivity contribution in [3.63, 3.8) is 0 Å². The Morgan fingerprint density at radius 3 is 2.56 bits per heavy atom. The zero-order valence-electron chi connectivity index (χ0n) is 11.5. The monoisotopic (exact) mass is 312 g/mol. The van der Waals surface area contributed by atoms with E-state index in [9.17, 15) is 4.79 Å². The molecule has 0 aliphatic heterocycles. The second-order valence-electron chi connectivity index (χ2n) is 5.51. The number of amides is 1. The first-order chi connectivity index (χ1) is 8.26. The van der Waals surface area contributed by atoms with Crippen LogP contribution in [-0.4, -0.2) is 30.9 Å². The maximum Gasteiger partial charge on any atom is 0.254 e. The lowest BCUT2D eigenvalue weighted by molar-refractivity contribution is 0.0739. The fourth-order valence-corrected chi connectivity index (χ4v) is 2.44. The minimum absolute atomic E-state index is 0.0170. The first kappa shape index (κ1) is 15.2. The quantitative estimate of drug-likeness (QED) is 0.929. The van der Waals surface area contributed by atoms with Crippen molar-refractivity contribution >= 4 is 21.8 Å². The highest BCUT2D eigenvalue weighted by atomic mass is 79.9. The van der Waals surface area contributed by atoms with Crippen LogP contribution in [0.3, 0.4) is 0 Å². The molecular weight excluding hydrogens is 292 g/mol. The third-order valence-corrected chi connectivity index (χ3v) is 3.58. The summed E-state index contributed by atoms with van der Waals surface area (Å²) in [4.78, 5) is 14.1. The molecule has 0 heterocycles. The van der Waals surface area contributed by atoms with Crippen molar-refractivity contribution in [1.82, 2.24) is 4.90 Å². The Kier molecular flexibility index (Phi) is 4.93. The third-order valence-electron chi connectivity index (χ3n) is 2.92. The van der Waals surface area contributed by atoms with Gasteiger partial charge in [0.15, 0.2) is 0 Å². The molecule has 0 saturated heterocycles. The second kappa shape index (κ2) is 5.85. The smallest absolute Gasteiger partial charge is 0.254 e. The van der Waals surface area contributed by atoms with E-state index in [2.05, 4.69) is 29.8 Å². The van der Waals surface area contributed by atoms with Gasteiger partial charge in [0.25, 0.3) is 5.91 Å². The highest BCUT2D eigenvalue weighted by Gasteiger charge is 2.22. The van der Waals surface area contributed by atoms with Gasteiger partial charge in [-0.15, -0.1) is 0 Å². The minimum atomic E-state index is -0.0679. The molecule has 0 aliphatic carbocycles. The van der Waals surface area contributed by atoms with E-state index in [0.29, 0.717) is 18.7 Å². The summed E-state index contributed by atoms with van der Waals surface area (Å²) >= 11 is 3.44. The van der Waals surface area contributed by atoms with E-state index < -0.39 is 0 Å². The number of halogens is 1. The van der Waals surface area contributed by atoms with Crippen molar-refractivity contribution in [3.8, 4) is 0 Å². The number of hydrogen-bond acceptors (Lipinski definition) is 2. The first-order valence-corrected chi connectivity index (χ1v) is 6.78. The van der Waals surface area contributed by atoms with Crippen LogP contribution >= 0.6 is 15.9 Å². The van der Waals surface area contributed by atoms with Crippen molar-refractivity contribution in [1.29, 1.82) is 0 Å². The van der Waals surface area contributed by atoms with Crippen molar-refractivity contribution in [2.75, 3.05) is 20.1 Å². The summed E-state index contributed by atoms with van der Waals surface area (Å²) in [6.07, 6.45) is 0. The Labute approximate surface area is 117 Å². The lowest BCUT2D eigenvalue weighted by Crippen LogP contribution is -2.39. The molecule has 0 bridgehead atoms. The summed E-state index contributed by atoms with van der Waals surface area (Å²) in [7, 11) is 1.81. The van der Waals surface area contributed by atoms with Crippen LogP contribution in [0.4, 0.5) is 0 Å². The number of aryl methyl sites for hydroxylation is 1. The van der Waals surface area contributed by atoms with Gasteiger partial charge in [-0.25, -0.2) is 0 Å². The van der Waals surface area contributed by atoms with E-state index in [0.717, 1.165) is 10.0 Å². The molecule has 0 fully saturated rings. The Morgan fingerprint density at radius 1 is 1.44 bits per heavy atom. The zero-order chi connectivity index (χ0) is 13.9. The summed E-state index contributed by atoms with van der Waals surface area (Å²) in [5.41, 5.74) is 7.45. The summed E-state index contributed by atoms with van der Waals surface area (Å²) < 4.78 is 0.838. The van der Waals surface area contributed by atoms with E-state index in [1.54, 1.807) is 4.90 Å². The van der Waals surface area contributed by atoms with E-state index in [-0.39, 0.29) is 11.3 Å². The Hall–Kier alpha value is -0.870. The molecule has 0 aliphatic rings. The molecule has 3 nitrogen and oxygen atoms in total. The minimum Gasteiger partial charge on any atom is -0.341 e. The summed E-state index contributed by atoms with van der Waals surface area (Å²) in [6, 6.07) is 5.75. The Bertz CT molecular complexity index is 443. The van der Waals surface area contributed by atoms with Gasteiger partial charge in [-0.3, -0.25) is 4.79 Å². The van der Waals surface area contributed by atoms with Crippen LogP contribution in [0.1, 0.15) is 29.8 Å². The predicted octanol–water partition coefficient (Wildman–Crippen LogP) is 2.81.